The van der Waals surface area contributed by atoms with Gasteiger partial charge in [-0.05, 0) is 59.4 Å². The fourth-order valence-corrected chi connectivity index (χ4v) is 9.56. The van der Waals surface area contributed by atoms with Gasteiger partial charge in [-0.2, -0.15) is 0 Å². The summed E-state index contributed by atoms with van der Waals surface area (Å²) in [6.45, 7) is 12.5. The zero-order valence-corrected chi connectivity index (χ0v) is 26.7. The van der Waals surface area contributed by atoms with Gasteiger partial charge < -0.3 is 9.05 Å². The van der Waals surface area contributed by atoms with Crippen LogP contribution in [0, 0.1) is 10.8 Å². The minimum atomic E-state index is -3.48. The highest BCUT2D eigenvalue weighted by molar-refractivity contribution is 7.74. The molecule has 0 aromatic heterocycles. The minimum Gasteiger partial charge on any atom is -0.318 e. The molecule has 0 amide bonds. The molecule has 0 fully saturated rings. The molecular formula is C35H42O4P2. The van der Waals surface area contributed by atoms with Crippen molar-refractivity contribution in [1.29, 1.82) is 0 Å². The van der Waals surface area contributed by atoms with Crippen LogP contribution in [-0.2, 0) is 18.2 Å². The quantitative estimate of drug-likeness (QED) is 0.176. The number of benzene rings is 4. The van der Waals surface area contributed by atoms with E-state index >= 15 is 0 Å². The fraction of sp³-hybridized carbons (Fsp3) is 0.314. The van der Waals surface area contributed by atoms with E-state index in [1.54, 1.807) is 0 Å². The summed E-state index contributed by atoms with van der Waals surface area (Å²) >= 11 is 0. The molecule has 0 heterocycles. The molecule has 4 rings (SSSR count). The SMILES string of the molecule is CC(C)(C)C(CC(OP(=O)(c1ccccc1)c1ccccc1)C(C)(C)C)OP(=O)(c1ccccc1)c1ccccc1. The van der Waals surface area contributed by atoms with Crippen LogP contribution >= 0.6 is 14.7 Å². The van der Waals surface area contributed by atoms with Crippen LogP contribution in [0.15, 0.2) is 121 Å². The van der Waals surface area contributed by atoms with Gasteiger partial charge in [-0.25, -0.2) is 0 Å². The Hall–Kier alpha value is -2.74. The van der Waals surface area contributed by atoms with Crippen molar-refractivity contribution >= 4 is 36.0 Å². The molecular weight excluding hydrogens is 546 g/mol. The molecule has 0 aliphatic heterocycles. The highest BCUT2D eigenvalue weighted by Gasteiger charge is 2.43. The molecule has 6 heteroatoms. The topological polar surface area (TPSA) is 52.6 Å². The maximum atomic E-state index is 14.9. The van der Waals surface area contributed by atoms with Crippen LogP contribution in [0.5, 0.6) is 0 Å². The summed E-state index contributed by atoms with van der Waals surface area (Å²) in [5, 5.41) is 2.58. The smallest absolute Gasteiger partial charge is 0.261 e. The van der Waals surface area contributed by atoms with Crippen LogP contribution < -0.4 is 21.2 Å². The maximum absolute atomic E-state index is 14.9. The van der Waals surface area contributed by atoms with E-state index in [1.165, 1.54) is 0 Å². The molecule has 0 radical (unpaired) electrons. The predicted octanol–water partition coefficient (Wildman–Crippen LogP) is 8.10. The largest absolute Gasteiger partial charge is 0.318 e. The summed E-state index contributed by atoms with van der Waals surface area (Å²) in [5.74, 6) is 0. The third-order valence-electron chi connectivity index (χ3n) is 7.30. The molecule has 4 aromatic rings. The first-order valence-corrected chi connectivity index (χ1v) is 17.4. The molecule has 216 valence electrons. The highest BCUT2D eigenvalue weighted by atomic mass is 31.2. The number of rotatable bonds is 10. The molecule has 41 heavy (non-hydrogen) atoms. The second-order valence-corrected chi connectivity index (χ2v) is 17.3. The third-order valence-corrected chi connectivity index (χ3v) is 12.3. The van der Waals surface area contributed by atoms with E-state index in [-0.39, 0.29) is 0 Å². The Labute approximate surface area is 246 Å². The van der Waals surface area contributed by atoms with Gasteiger partial charge in [0.2, 0.25) is 0 Å². The average molecular weight is 589 g/mol. The van der Waals surface area contributed by atoms with Crippen molar-refractivity contribution in [2.24, 2.45) is 10.8 Å². The van der Waals surface area contributed by atoms with Crippen molar-refractivity contribution in [1.82, 2.24) is 0 Å². The van der Waals surface area contributed by atoms with E-state index < -0.39 is 37.8 Å². The third kappa shape index (κ3) is 7.37. The van der Waals surface area contributed by atoms with E-state index in [1.807, 2.05) is 121 Å². The van der Waals surface area contributed by atoms with Crippen LogP contribution in [0.25, 0.3) is 0 Å². The van der Waals surface area contributed by atoms with Crippen LogP contribution in [-0.4, -0.2) is 12.2 Å². The van der Waals surface area contributed by atoms with Crippen molar-refractivity contribution < 1.29 is 18.2 Å². The van der Waals surface area contributed by atoms with E-state index in [0.717, 1.165) is 0 Å². The van der Waals surface area contributed by atoms with Gasteiger partial charge in [0.15, 0.2) is 0 Å². The molecule has 2 atom stereocenters. The molecule has 4 aromatic carbocycles. The van der Waals surface area contributed by atoms with Crippen molar-refractivity contribution in [3.05, 3.63) is 121 Å². The fourth-order valence-electron chi connectivity index (χ4n) is 4.70. The summed E-state index contributed by atoms with van der Waals surface area (Å²) < 4.78 is 43.5. The monoisotopic (exact) mass is 588 g/mol. The molecule has 0 N–H and O–H groups in total. The Morgan fingerprint density at radius 3 is 0.878 bits per heavy atom. The van der Waals surface area contributed by atoms with E-state index in [0.29, 0.717) is 27.6 Å². The lowest BCUT2D eigenvalue weighted by Gasteiger charge is -2.41. The Morgan fingerprint density at radius 2 is 0.683 bits per heavy atom. The minimum absolute atomic E-state index is 0.393. The van der Waals surface area contributed by atoms with Gasteiger partial charge in [0.25, 0.3) is 14.7 Å². The number of hydrogen-bond acceptors (Lipinski definition) is 4. The molecule has 4 nitrogen and oxygen atoms in total. The summed E-state index contributed by atoms with van der Waals surface area (Å²) in [5.41, 5.74) is -0.787. The predicted molar refractivity (Wildman–Crippen MR) is 173 cm³/mol. The molecule has 0 saturated carbocycles. The Morgan fingerprint density at radius 1 is 0.463 bits per heavy atom. The Kier molecular flexibility index (Phi) is 9.62. The molecule has 0 aliphatic carbocycles. The highest BCUT2D eigenvalue weighted by Crippen LogP contribution is 2.53. The first-order chi connectivity index (χ1) is 19.3. The second-order valence-electron chi connectivity index (χ2n) is 12.6. The average Bonchev–Trinajstić information content (AvgIpc) is 2.97. The standard InChI is InChI=1S/C35H42O4P2/c1-34(2,3)32(38-40(36,28-19-11-7-12-20-28)29-21-13-8-14-22-29)27-33(35(4,5)6)39-41(37,30-23-15-9-16-24-30)31-25-17-10-18-26-31/h7-26,32-33H,27H2,1-6H3. The van der Waals surface area contributed by atoms with Crippen molar-refractivity contribution in [3.63, 3.8) is 0 Å². The lowest BCUT2D eigenvalue weighted by atomic mass is 9.79. The van der Waals surface area contributed by atoms with E-state index in [2.05, 4.69) is 41.5 Å². The van der Waals surface area contributed by atoms with Crippen molar-refractivity contribution in [2.75, 3.05) is 0 Å². The van der Waals surface area contributed by atoms with Gasteiger partial charge in [-0.1, -0.05) is 114 Å². The molecule has 0 aliphatic rings. The normalized spacial score (nSPS) is 14.4. The Bertz CT molecular complexity index is 1270. The summed E-state index contributed by atoms with van der Waals surface area (Å²) in [7, 11) is -6.95. The van der Waals surface area contributed by atoms with Crippen LogP contribution in [0.2, 0.25) is 0 Å². The van der Waals surface area contributed by atoms with Crippen molar-refractivity contribution in [3.8, 4) is 0 Å². The first kappa shape index (κ1) is 31.2. The van der Waals surface area contributed by atoms with E-state index in [9.17, 15) is 9.13 Å². The summed E-state index contributed by atoms with van der Waals surface area (Å²) in [6, 6.07) is 37.7. The van der Waals surface area contributed by atoms with Crippen LogP contribution in [0.4, 0.5) is 0 Å². The van der Waals surface area contributed by atoms with Gasteiger partial charge in [0, 0.05) is 27.6 Å². The molecule has 0 bridgehead atoms. The van der Waals surface area contributed by atoms with Gasteiger partial charge in [0.05, 0.1) is 12.2 Å². The lowest BCUT2D eigenvalue weighted by Crippen LogP contribution is -2.40. The summed E-state index contributed by atoms with van der Waals surface area (Å²) in [6.07, 6.45) is -0.545. The maximum Gasteiger partial charge on any atom is 0.261 e. The number of hydrogen-bond donors (Lipinski definition) is 0. The van der Waals surface area contributed by atoms with Gasteiger partial charge in [-0.15, -0.1) is 0 Å². The van der Waals surface area contributed by atoms with Crippen LogP contribution in [0.3, 0.4) is 0 Å². The molecule has 2 unspecified atom stereocenters. The van der Waals surface area contributed by atoms with Gasteiger partial charge in [-0.3, -0.25) is 9.13 Å². The van der Waals surface area contributed by atoms with Crippen LogP contribution in [0.1, 0.15) is 48.0 Å². The summed E-state index contributed by atoms with van der Waals surface area (Å²) in [4.78, 5) is 0. The first-order valence-electron chi connectivity index (χ1n) is 14.1. The zero-order valence-electron chi connectivity index (χ0n) is 24.9. The van der Waals surface area contributed by atoms with E-state index in [4.69, 9.17) is 9.05 Å². The zero-order chi connectivity index (χ0) is 29.7. The molecule has 0 saturated heterocycles. The van der Waals surface area contributed by atoms with Crippen molar-refractivity contribution in [2.45, 2.75) is 60.2 Å². The van der Waals surface area contributed by atoms with Gasteiger partial charge in [0.1, 0.15) is 0 Å². The Balaban J connectivity index is 1.78. The lowest BCUT2D eigenvalue weighted by molar-refractivity contribution is 0.00678. The molecule has 0 spiro atoms. The second kappa shape index (κ2) is 12.6. The van der Waals surface area contributed by atoms with Gasteiger partial charge >= 0.3 is 0 Å².